The Labute approximate surface area is 105 Å². The maximum Gasteiger partial charge on any atom is 0.233 e. The van der Waals surface area contributed by atoms with Crippen LogP contribution >= 0.6 is 15.9 Å². The molecule has 0 aliphatic rings. The molecule has 1 aromatic heterocycles. The van der Waals surface area contributed by atoms with Gasteiger partial charge in [-0.15, -0.1) is 0 Å². The zero-order valence-electron chi connectivity index (χ0n) is 8.88. The van der Waals surface area contributed by atoms with Gasteiger partial charge in [0.1, 0.15) is 0 Å². The minimum atomic E-state index is -1.03. The fourth-order valence-electron chi connectivity index (χ4n) is 1.26. The minimum absolute atomic E-state index is 0.193. The highest BCUT2D eigenvalue weighted by Gasteiger charge is 2.12. The van der Waals surface area contributed by atoms with Crippen LogP contribution in [0, 0.1) is 18.6 Å². The zero-order valence-corrected chi connectivity index (χ0v) is 10.5. The second-order valence-corrected chi connectivity index (χ2v) is 4.31. The van der Waals surface area contributed by atoms with E-state index in [1.165, 1.54) is 12.1 Å². The largest absolute Gasteiger partial charge is 0.435 e. The van der Waals surface area contributed by atoms with Gasteiger partial charge in [-0.2, -0.15) is 4.39 Å². The molecule has 0 radical (unpaired) electrons. The summed E-state index contributed by atoms with van der Waals surface area (Å²) in [6.45, 7) is 1.87. The molecule has 0 N–H and O–H groups in total. The molecule has 88 valence electrons. The summed E-state index contributed by atoms with van der Waals surface area (Å²) in [4.78, 5) is 3.99. The Balaban J connectivity index is 2.35. The van der Waals surface area contributed by atoms with E-state index in [2.05, 4.69) is 20.9 Å². The van der Waals surface area contributed by atoms with Crippen LogP contribution < -0.4 is 4.74 Å². The molecule has 0 amide bonds. The normalized spacial score (nSPS) is 10.4. The van der Waals surface area contributed by atoms with Gasteiger partial charge < -0.3 is 4.74 Å². The SMILES string of the molecule is Cc1cnc(Oc2cccc(F)c2F)c(Br)c1. The number of aryl methyl sites for hydroxylation is 1. The van der Waals surface area contributed by atoms with E-state index in [4.69, 9.17) is 4.74 Å². The lowest BCUT2D eigenvalue weighted by Crippen LogP contribution is -1.94. The summed E-state index contributed by atoms with van der Waals surface area (Å²) < 4.78 is 32.1. The summed E-state index contributed by atoms with van der Waals surface area (Å²) in [5.41, 5.74) is 0.934. The third kappa shape index (κ3) is 2.61. The van der Waals surface area contributed by atoms with Crippen LogP contribution in [0.1, 0.15) is 5.56 Å². The van der Waals surface area contributed by atoms with Gasteiger partial charge in [0.05, 0.1) is 4.47 Å². The van der Waals surface area contributed by atoms with E-state index in [1.54, 1.807) is 12.3 Å². The summed E-state index contributed by atoms with van der Waals surface area (Å²) in [5.74, 6) is -1.98. The Morgan fingerprint density at radius 3 is 2.76 bits per heavy atom. The molecule has 0 fully saturated rings. The van der Waals surface area contributed by atoms with E-state index in [1.807, 2.05) is 6.92 Å². The molecule has 0 atom stereocenters. The average Bonchev–Trinajstić information content (AvgIpc) is 2.28. The van der Waals surface area contributed by atoms with Crippen molar-refractivity contribution >= 4 is 15.9 Å². The van der Waals surface area contributed by atoms with Crippen LogP contribution in [-0.4, -0.2) is 4.98 Å². The first kappa shape index (κ1) is 12.0. The number of pyridine rings is 1. The first-order valence-corrected chi connectivity index (χ1v) is 5.61. The van der Waals surface area contributed by atoms with E-state index in [-0.39, 0.29) is 11.6 Å². The maximum atomic E-state index is 13.4. The van der Waals surface area contributed by atoms with Crippen molar-refractivity contribution in [3.8, 4) is 11.6 Å². The van der Waals surface area contributed by atoms with E-state index in [0.717, 1.165) is 11.6 Å². The van der Waals surface area contributed by atoms with Crippen molar-refractivity contribution in [2.75, 3.05) is 0 Å². The van der Waals surface area contributed by atoms with E-state index in [9.17, 15) is 8.78 Å². The van der Waals surface area contributed by atoms with Crippen LogP contribution in [0.3, 0.4) is 0 Å². The van der Waals surface area contributed by atoms with Crippen molar-refractivity contribution in [2.24, 2.45) is 0 Å². The molecule has 1 aromatic carbocycles. The number of hydrogen-bond acceptors (Lipinski definition) is 2. The average molecular weight is 300 g/mol. The molecule has 2 aromatic rings. The Morgan fingerprint density at radius 1 is 1.29 bits per heavy atom. The Kier molecular flexibility index (Phi) is 3.38. The summed E-state index contributed by atoms with van der Waals surface area (Å²) in [6.07, 6.45) is 1.58. The van der Waals surface area contributed by atoms with Crippen LogP contribution in [0.25, 0.3) is 0 Å². The number of nitrogens with zero attached hydrogens (tertiary/aromatic N) is 1. The van der Waals surface area contributed by atoms with Gasteiger partial charge in [-0.25, -0.2) is 9.37 Å². The Bertz CT molecular complexity index is 560. The Morgan fingerprint density at radius 2 is 2.06 bits per heavy atom. The van der Waals surface area contributed by atoms with Crippen molar-refractivity contribution in [3.05, 3.63) is 52.1 Å². The Hall–Kier alpha value is -1.49. The van der Waals surface area contributed by atoms with Gasteiger partial charge >= 0.3 is 0 Å². The molecule has 2 rings (SSSR count). The minimum Gasteiger partial charge on any atom is -0.435 e. The lowest BCUT2D eigenvalue weighted by molar-refractivity contribution is 0.403. The zero-order chi connectivity index (χ0) is 12.4. The number of halogens is 3. The van der Waals surface area contributed by atoms with Gasteiger partial charge in [0, 0.05) is 6.20 Å². The van der Waals surface area contributed by atoms with Crippen molar-refractivity contribution in [1.29, 1.82) is 0 Å². The summed E-state index contributed by atoms with van der Waals surface area (Å²) in [5, 5.41) is 0. The van der Waals surface area contributed by atoms with Crippen molar-refractivity contribution in [1.82, 2.24) is 4.98 Å². The van der Waals surface area contributed by atoms with Gasteiger partial charge in [0.25, 0.3) is 0 Å². The predicted octanol–water partition coefficient (Wildman–Crippen LogP) is 4.22. The number of hydrogen-bond donors (Lipinski definition) is 0. The third-order valence-corrected chi connectivity index (χ3v) is 2.64. The van der Waals surface area contributed by atoms with Crippen molar-refractivity contribution in [2.45, 2.75) is 6.92 Å². The van der Waals surface area contributed by atoms with Crippen LogP contribution in [-0.2, 0) is 0 Å². The van der Waals surface area contributed by atoms with Gasteiger partial charge in [0.2, 0.25) is 11.7 Å². The van der Waals surface area contributed by atoms with Crippen LogP contribution in [0.2, 0.25) is 0 Å². The van der Waals surface area contributed by atoms with Gasteiger partial charge in [-0.1, -0.05) is 6.07 Å². The molecular formula is C12H8BrF2NO. The number of aromatic nitrogens is 1. The quantitative estimate of drug-likeness (QED) is 0.828. The molecule has 2 nitrogen and oxygen atoms in total. The van der Waals surface area contributed by atoms with E-state index >= 15 is 0 Å². The molecule has 5 heteroatoms. The third-order valence-electron chi connectivity index (χ3n) is 2.07. The predicted molar refractivity (Wildman–Crippen MR) is 63.1 cm³/mol. The molecule has 0 aliphatic heterocycles. The van der Waals surface area contributed by atoms with Crippen molar-refractivity contribution < 1.29 is 13.5 Å². The molecule has 0 bridgehead atoms. The van der Waals surface area contributed by atoms with Gasteiger partial charge in [-0.05, 0) is 46.6 Å². The van der Waals surface area contributed by atoms with Gasteiger partial charge in [0.15, 0.2) is 11.6 Å². The summed E-state index contributed by atoms with van der Waals surface area (Å²) in [6, 6.07) is 5.52. The fraction of sp³-hybridized carbons (Fsp3) is 0.0833. The smallest absolute Gasteiger partial charge is 0.233 e. The number of benzene rings is 1. The highest BCUT2D eigenvalue weighted by atomic mass is 79.9. The highest BCUT2D eigenvalue weighted by Crippen LogP contribution is 2.30. The summed E-state index contributed by atoms with van der Waals surface area (Å²) in [7, 11) is 0. The first-order chi connectivity index (χ1) is 8.08. The lowest BCUT2D eigenvalue weighted by atomic mass is 10.3. The molecular weight excluding hydrogens is 292 g/mol. The molecule has 0 spiro atoms. The standard InChI is InChI=1S/C12H8BrF2NO/c1-7-5-8(13)12(16-6-7)17-10-4-2-3-9(14)11(10)15/h2-6H,1H3. The summed E-state index contributed by atoms with van der Waals surface area (Å²) >= 11 is 3.24. The number of ether oxygens (including phenoxy) is 1. The molecule has 17 heavy (non-hydrogen) atoms. The van der Waals surface area contributed by atoms with Crippen LogP contribution in [0.4, 0.5) is 8.78 Å². The van der Waals surface area contributed by atoms with Gasteiger partial charge in [-0.3, -0.25) is 0 Å². The second-order valence-electron chi connectivity index (χ2n) is 3.45. The van der Waals surface area contributed by atoms with Crippen molar-refractivity contribution in [3.63, 3.8) is 0 Å². The van der Waals surface area contributed by atoms with E-state index in [0.29, 0.717) is 4.47 Å². The number of rotatable bonds is 2. The topological polar surface area (TPSA) is 22.1 Å². The fourth-order valence-corrected chi connectivity index (χ4v) is 1.81. The molecule has 0 saturated heterocycles. The molecule has 0 saturated carbocycles. The monoisotopic (exact) mass is 299 g/mol. The van der Waals surface area contributed by atoms with Crippen LogP contribution in [0.15, 0.2) is 34.9 Å². The first-order valence-electron chi connectivity index (χ1n) is 4.82. The highest BCUT2D eigenvalue weighted by molar-refractivity contribution is 9.10. The second kappa shape index (κ2) is 4.79. The van der Waals surface area contributed by atoms with E-state index < -0.39 is 11.6 Å². The van der Waals surface area contributed by atoms with Crippen LogP contribution in [0.5, 0.6) is 11.6 Å². The molecule has 0 unspecified atom stereocenters. The maximum absolute atomic E-state index is 13.4. The molecule has 1 heterocycles. The lowest BCUT2D eigenvalue weighted by Gasteiger charge is -2.08. The molecule has 0 aliphatic carbocycles.